The van der Waals surface area contributed by atoms with Crippen LogP contribution in [0.2, 0.25) is 0 Å². The standard InChI is InChI=1S/C8H11N3O2/c1-6(12)3-8(13)10-7-4-9-11(2)5-7/h4-5H,3H2,1-2H3,(H,10,13). The summed E-state index contributed by atoms with van der Waals surface area (Å²) in [6.07, 6.45) is 3.10. The Kier molecular flexibility index (Phi) is 2.79. The molecule has 0 aromatic carbocycles. The van der Waals surface area contributed by atoms with Gasteiger partial charge in [-0.3, -0.25) is 14.3 Å². The summed E-state index contributed by atoms with van der Waals surface area (Å²) < 4.78 is 1.57. The summed E-state index contributed by atoms with van der Waals surface area (Å²) in [6, 6.07) is 0. The van der Waals surface area contributed by atoms with E-state index in [9.17, 15) is 9.59 Å². The molecule has 1 aromatic heterocycles. The van der Waals surface area contributed by atoms with E-state index in [1.54, 1.807) is 17.9 Å². The van der Waals surface area contributed by atoms with Gasteiger partial charge >= 0.3 is 0 Å². The molecule has 0 saturated carbocycles. The third-order valence-electron chi connectivity index (χ3n) is 1.40. The molecule has 1 rings (SSSR count). The largest absolute Gasteiger partial charge is 0.323 e. The molecule has 0 spiro atoms. The Morgan fingerprint density at radius 1 is 1.62 bits per heavy atom. The highest BCUT2D eigenvalue weighted by Gasteiger charge is 2.05. The van der Waals surface area contributed by atoms with Gasteiger partial charge < -0.3 is 5.32 Å². The van der Waals surface area contributed by atoms with Gasteiger partial charge in [0.25, 0.3) is 0 Å². The summed E-state index contributed by atoms with van der Waals surface area (Å²) in [6.45, 7) is 1.38. The topological polar surface area (TPSA) is 64.0 Å². The molecule has 1 amide bonds. The van der Waals surface area contributed by atoms with Crippen LogP contribution >= 0.6 is 0 Å². The fraction of sp³-hybridized carbons (Fsp3) is 0.375. The van der Waals surface area contributed by atoms with Gasteiger partial charge in [-0.1, -0.05) is 0 Å². The minimum Gasteiger partial charge on any atom is -0.323 e. The molecule has 0 aliphatic rings. The fourth-order valence-corrected chi connectivity index (χ4v) is 0.917. The van der Waals surface area contributed by atoms with Gasteiger partial charge in [-0.2, -0.15) is 5.10 Å². The van der Waals surface area contributed by atoms with Crippen molar-refractivity contribution in [3.8, 4) is 0 Å². The number of nitrogens with zero attached hydrogens (tertiary/aromatic N) is 2. The zero-order chi connectivity index (χ0) is 9.84. The van der Waals surface area contributed by atoms with Crippen molar-refractivity contribution in [3.63, 3.8) is 0 Å². The Morgan fingerprint density at radius 3 is 2.77 bits per heavy atom. The third-order valence-corrected chi connectivity index (χ3v) is 1.40. The molecule has 0 unspecified atom stereocenters. The Morgan fingerprint density at radius 2 is 2.31 bits per heavy atom. The summed E-state index contributed by atoms with van der Waals surface area (Å²) in [7, 11) is 1.75. The van der Waals surface area contributed by atoms with E-state index in [0.29, 0.717) is 5.69 Å². The molecule has 1 heterocycles. The molecule has 70 valence electrons. The van der Waals surface area contributed by atoms with Gasteiger partial charge in [0.05, 0.1) is 18.3 Å². The molecule has 5 heteroatoms. The van der Waals surface area contributed by atoms with E-state index in [1.807, 2.05) is 0 Å². The van der Waals surface area contributed by atoms with Gasteiger partial charge in [-0.15, -0.1) is 0 Å². The second-order valence-electron chi connectivity index (χ2n) is 2.83. The lowest BCUT2D eigenvalue weighted by Gasteiger charge is -1.98. The molecule has 1 aromatic rings. The first-order valence-corrected chi connectivity index (χ1v) is 3.86. The number of Topliss-reactive ketones (excluding diaryl/α,β-unsaturated/α-hetero) is 1. The molecule has 13 heavy (non-hydrogen) atoms. The van der Waals surface area contributed by atoms with Gasteiger partial charge in [0.1, 0.15) is 5.78 Å². The molecular formula is C8H11N3O2. The molecule has 5 nitrogen and oxygen atoms in total. The maximum absolute atomic E-state index is 11.1. The first-order chi connectivity index (χ1) is 6.08. The fourth-order valence-electron chi connectivity index (χ4n) is 0.917. The number of carbonyl (C=O) groups excluding carboxylic acids is 2. The lowest BCUT2D eigenvalue weighted by Crippen LogP contribution is -2.14. The molecule has 0 bridgehead atoms. The van der Waals surface area contributed by atoms with E-state index in [2.05, 4.69) is 10.4 Å². The minimum absolute atomic E-state index is 0.0884. The second-order valence-corrected chi connectivity index (χ2v) is 2.83. The van der Waals surface area contributed by atoms with E-state index in [1.165, 1.54) is 13.1 Å². The number of aryl methyl sites for hydroxylation is 1. The average molecular weight is 181 g/mol. The predicted molar refractivity (Wildman–Crippen MR) is 47.1 cm³/mol. The number of rotatable bonds is 3. The number of anilines is 1. The van der Waals surface area contributed by atoms with Crippen molar-refractivity contribution in [3.05, 3.63) is 12.4 Å². The lowest BCUT2D eigenvalue weighted by atomic mass is 10.3. The van der Waals surface area contributed by atoms with Crippen molar-refractivity contribution in [2.45, 2.75) is 13.3 Å². The molecule has 0 radical (unpaired) electrons. The molecular weight excluding hydrogens is 170 g/mol. The van der Waals surface area contributed by atoms with Crippen LogP contribution in [0.15, 0.2) is 12.4 Å². The number of ketones is 1. The zero-order valence-corrected chi connectivity index (χ0v) is 7.57. The SMILES string of the molecule is CC(=O)CC(=O)Nc1cnn(C)c1. The summed E-state index contributed by atoms with van der Waals surface area (Å²) in [4.78, 5) is 21.6. The van der Waals surface area contributed by atoms with E-state index >= 15 is 0 Å². The first-order valence-electron chi connectivity index (χ1n) is 3.86. The van der Waals surface area contributed by atoms with Gasteiger partial charge in [-0.25, -0.2) is 0 Å². The van der Waals surface area contributed by atoms with Crippen molar-refractivity contribution in [1.29, 1.82) is 0 Å². The number of carbonyl (C=O) groups is 2. The molecule has 1 N–H and O–H groups in total. The van der Waals surface area contributed by atoms with Crippen molar-refractivity contribution >= 4 is 17.4 Å². The average Bonchev–Trinajstić information content (AvgIpc) is 2.33. The van der Waals surface area contributed by atoms with Gasteiger partial charge in [0.2, 0.25) is 5.91 Å². The van der Waals surface area contributed by atoms with Crippen molar-refractivity contribution in [1.82, 2.24) is 9.78 Å². The Bertz CT molecular complexity index is 330. The number of hydrogen-bond acceptors (Lipinski definition) is 3. The second kappa shape index (κ2) is 3.84. The first kappa shape index (κ1) is 9.44. The minimum atomic E-state index is -0.305. The Hall–Kier alpha value is -1.65. The summed E-state index contributed by atoms with van der Waals surface area (Å²) in [5.41, 5.74) is 0.605. The Balaban J connectivity index is 2.50. The van der Waals surface area contributed by atoms with Crippen LogP contribution in [-0.2, 0) is 16.6 Å². The predicted octanol–water partition coefficient (Wildman–Crippen LogP) is 0.338. The summed E-state index contributed by atoms with van der Waals surface area (Å²) in [5, 5.41) is 6.42. The summed E-state index contributed by atoms with van der Waals surface area (Å²) in [5.74, 6) is -0.457. The molecule has 0 aliphatic heterocycles. The molecule has 0 saturated heterocycles. The van der Waals surface area contributed by atoms with Crippen molar-refractivity contribution in [2.24, 2.45) is 7.05 Å². The zero-order valence-electron chi connectivity index (χ0n) is 7.57. The van der Waals surface area contributed by atoms with E-state index in [-0.39, 0.29) is 18.1 Å². The van der Waals surface area contributed by atoms with Gasteiger partial charge in [-0.05, 0) is 6.92 Å². The number of nitrogens with one attached hydrogen (secondary N) is 1. The highest BCUT2D eigenvalue weighted by atomic mass is 16.2. The van der Waals surface area contributed by atoms with Crippen molar-refractivity contribution in [2.75, 3.05) is 5.32 Å². The molecule has 0 atom stereocenters. The number of hydrogen-bond donors (Lipinski definition) is 1. The quantitative estimate of drug-likeness (QED) is 0.684. The maximum atomic E-state index is 11.1. The van der Waals surface area contributed by atoms with E-state index in [4.69, 9.17) is 0 Å². The van der Waals surface area contributed by atoms with Crippen LogP contribution < -0.4 is 5.32 Å². The van der Waals surface area contributed by atoms with Crippen LogP contribution in [-0.4, -0.2) is 21.5 Å². The van der Waals surface area contributed by atoms with Crippen LogP contribution in [0.4, 0.5) is 5.69 Å². The van der Waals surface area contributed by atoms with E-state index < -0.39 is 0 Å². The van der Waals surface area contributed by atoms with Crippen LogP contribution in [0.5, 0.6) is 0 Å². The highest BCUT2D eigenvalue weighted by molar-refractivity contribution is 6.03. The number of aromatic nitrogens is 2. The smallest absolute Gasteiger partial charge is 0.231 e. The number of amides is 1. The highest BCUT2D eigenvalue weighted by Crippen LogP contribution is 2.03. The van der Waals surface area contributed by atoms with Crippen LogP contribution in [0.3, 0.4) is 0 Å². The van der Waals surface area contributed by atoms with Crippen LogP contribution in [0, 0.1) is 0 Å². The Labute approximate surface area is 75.7 Å². The normalized spacial score (nSPS) is 9.69. The van der Waals surface area contributed by atoms with Crippen LogP contribution in [0.25, 0.3) is 0 Å². The van der Waals surface area contributed by atoms with Crippen LogP contribution in [0.1, 0.15) is 13.3 Å². The van der Waals surface area contributed by atoms with E-state index in [0.717, 1.165) is 0 Å². The molecule has 0 aliphatic carbocycles. The van der Waals surface area contributed by atoms with Gasteiger partial charge in [0, 0.05) is 13.2 Å². The van der Waals surface area contributed by atoms with Gasteiger partial charge in [0.15, 0.2) is 0 Å². The molecule has 0 fully saturated rings. The monoisotopic (exact) mass is 181 g/mol. The van der Waals surface area contributed by atoms with Crippen molar-refractivity contribution < 1.29 is 9.59 Å². The summed E-state index contributed by atoms with van der Waals surface area (Å²) >= 11 is 0. The lowest BCUT2D eigenvalue weighted by molar-refractivity contribution is -0.124. The third kappa shape index (κ3) is 3.06. The maximum Gasteiger partial charge on any atom is 0.231 e.